The fourth-order valence-electron chi connectivity index (χ4n) is 2.05. The third-order valence-electron chi connectivity index (χ3n) is 3.11. The Bertz CT molecular complexity index is 511. The summed E-state index contributed by atoms with van der Waals surface area (Å²) in [6.45, 7) is 3.09. The lowest BCUT2D eigenvalue weighted by Gasteiger charge is -2.09. The number of rotatable bonds is 9. The van der Waals surface area contributed by atoms with Crippen LogP contribution >= 0.6 is 0 Å². The van der Waals surface area contributed by atoms with Crippen molar-refractivity contribution in [3.8, 4) is 0 Å². The number of benzene rings is 1. The summed E-state index contributed by atoms with van der Waals surface area (Å²) < 4.78 is 10.4. The molecule has 0 radical (unpaired) electrons. The van der Waals surface area contributed by atoms with Crippen molar-refractivity contribution in [2.45, 2.75) is 12.8 Å². The predicted octanol–water partition coefficient (Wildman–Crippen LogP) is 3.09. The van der Waals surface area contributed by atoms with Crippen LogP contribution < -0.4 is 5.32 Å². The first-order valence-electron chi connectivity index (χ1n) is 7.06. The summed E-state index contributed by atoms with van der Waals surface area (Å²) in [6.07, 6.45) is 3.99. The van der Waals surface area contributed by atoms with Gasteiger partial charge < -0.3 is 14.8 Å². The third kappa shape index (κ3) is 4.47. The minimum Gasteiger partial charge on any atom is -0.384 e. The quantitative estimate of drug-likeness (QED) is 0.714. The first-order chi connectivity index (χ1) is 9.92. The standard InChI is InChI=1S/C16H22N2O2/c1-19-12-13-20-11-5-4-9-17-16-8-10-18-15-7-3-2-6-14(15)16/h2-3,6-8,10H,4-5,9,11-13H2,1H3,(H,17,18). The molecule has 4 nitrogen and oxygen atoms in total. The molecule has 0 unspecified atom stereocenters. The number of pyridine rings is 1. The molecule has 0 fully saturated rings. The fourth-order valence-corrected chi connectivity index (χ4v) is 2.05. The number of unbranched alkanes of at least 4 members (excludes halogenated alkanes) is 1. The maximum absolute atomic E-state index is 5.43. The summed E-state index contributed by atoms with van der Waals surface area (Å²) in [4.78, 5) is 4.36. The highest BCUT2D eigenvalue weighted by Gasteiger charge is 1.99. The molecule has 2 aromatic rings. The molecule has 0 saturated heterocycles. The van der Waals surface area contributed by atoms with Gasteiger partial charge in [0.2, 0.25) is 0 Å². The molecule has 2 rings (SSSR count). The normalized spacial score (nSPS) is 10.8. The van der Waals surface area contributed by atoms with Gasteiger partial charge in [-0.3, -0.25) is 4.98 Å². The van der Waals surface area contributed by atoms with E-state index in [9.17, 15) is 0 Å². The van der Waals surface area contributed by atoms with Crippen LogP contribution in [0.25, 0.3) is 10.9 Å². The maximum Gasteiger partial charge on any atom is 0.0722 e. The summed E-state index contributed by atoms with van der Waals surface area (Å²) in [5, 5.41) is 4.64. The van der Waals surface area contributed by atoms with Gasteiger partial charge in [-0.15, -0.1) is 0 Å². The highest BCUT2D eigenvalue weighted by Crippen LogP contribution is 2.20. The van der Waals surface area contributed by atoms with Crippen LogP contribution in [0.5, 0.6) is 0 Å². The maximum atomic E-state index is 5.43. The van der Waals surface area contributed by atoms with Crippen molar-refractivity contribution in [3.05, 3.63) is 36.5 Å². The number of para-hydroxylation sites is 1. The zero-order valence-electron chi connectivity index (χ0n) is 12.0. The van der Waals surface area contributed by atoms with Crippen molar-refractivity contribution in [2.24, 2.45) is 0 Å². The predicted molar refractivity (Wildman–Crippen MR) is 82.2 cm³/mol. The monoisotopic (exact) mass is 274 g/mol. The van der Waals surface area contributed by atoms with Crippen LogP contribution in [-0.2, 0) is 9.47 Å². The van der Waals surface area contributed by atoms with Gasteiger partial charge in [-0.1, -0.05) is 18.2 Å². The molecule has 1 aromatic heterocycles. The number of nitrogens with zero attached hydrogens (tertiary/aromatic N) is 1. The van der Waals surface area contributed by atoms with Crippen molar-refractivity contribution in [2.75, 3.05) is 38.8 Å². The highest BCUT2D eigenvalue weighted by atomic mass is 16.5. The molecule has 1 N–H and O–H groups in total. The van der Waals surface area contributed by atoms with Gasteiger partial charge >= 0.3 is 0 Å². The SMILES string of the molecule is COCCOCCCCNc1ccnc2ccccc12. The van der Waals surface area contributed by atoms with Crippen LogP contribution in [0.2, 0.25) is 0 Å². The number of nitrogens with one attached hydrogen (secondary N) is 1. The van der Waals surface area contributed by atoms with E-state index in [0.717, 1.165) is 37.2 Å². The van der Waals surface area contributed by atoms with E-state index in [1.54, 1.807) is 7.11 Å². The molecule has 1 aromatic carbocycles. The Hall–Kier alpha value is -1.65. The molecule has 0 aliphatic rings. The van der Waals surface area contributed by atoms with E-state index < -0.39 is 0 Å². The van der Waals surface area contributed by atoms with Crippen molar-refractivity contribution < 1.29 is 9.47 Å². The first-order valence-corrected chi connectivity index (χ1v) is 7.06. The van der Waals surface area contributed by atoms with Crippen LogP contribution in [0.1, 0.15) is 12.8 Å². The Morgan fingerprint density at radius 2 is 1.95 bits per heavy atom. The Kier molecular flexibility index (Phi) is 6.27. The Labute approximate surface area is 120 Å². The van der Waals surface area contributed by atoms with Crippen molar-refractivity contribution in [3.63, 3.8) is 0 Å². The Morgan fingerprint density at radius 1 is 1.05 bits per heavy atom. The molecule has 1 heterocycles. The zero-order valence-corrected chi connectivity index (χ0v) is 12.0. The number of hydrogen-bond acceptors (Lipinski definition) is 4. The van der Waals surface area contributed by atoms with Crippen LogP contribution in [0, 0.1) is 0 Å². The molecule has 0 saturated carbocycles. The molecule has 0 bridgehead atoms. The summed E-state index contributed by atoms with van der Waals surface area (Å²) in [5.41, 5.74) is 2.18. The van der Waals surface area contributed by atoms with Crippen LogP contribution in [0.15, 0.2) is 36.5 Å². The molecule has 4 heteroatoms. The van der Waals surface area contributed by atoms with E-state index in [1.807, 2.05) is 30.5 Å². The number of ether oxygens (including phenoxy) is 2. The van der Waals surface area contributed by atoms with Gasteiger partial charge in [0.15, 0.2) is 0 Å². The van der Waals surface area contributed by atoms with Gasteiger partial charge in [0, 0.05) is 37.5 Å². The summed E-state index contributed by atoms with van der Waals surface area (Å²) >= 11 is 0. The fraction of sp³-hybridized carbons (Fsp3) is 0.438. The van der Waals surface area contributed by atoms with Crippen LogP contribution in [-0.4, -0.2) is 38.5 Å². The Balaban J connectivity index is 1.71. The lowest BCUT2D eigenvalue weighted by atomic mass is 10.2. The second kappa shape index (κ2) is 8.51. The summed E-state index contributed by atoms with van der Waals surface area (Å²) in [5.74, 6) is 0. The molecule has 0 aliphatic carbocycles. The molecule has 108 valence electrons. The van der Waals surface area contributed by atoms with Gasteiger partial charge in [-0.2, -0.15) is 0 Å². The largest absolute Gasteiger partial charge is 0.384 e. The molecule has 0 amide bonds. The van der Waals surface area contributed by atoms with E-state index in [4.69, 9.17) is 9.47 Å². The van der Waals surface area contributed by atoms with Gasteiger partial charge in [-0.05, 0) is 25.0 Å². The number of anilines is 1. The van der Waals surface area contributed by atoms with E-state index in [-0.39, 0.29) is 0 Å². The second-order valence-corrected chi connectivity index (χ2v) is 4.61. The first kappa shape index (κ1) is 14.8. The average Bonchev–Trinajstić information content (AvgIpc) is 2.50. The molecule has 0 atom stereocenters. The number of hydrogen-bond donors (Lipinski definition) is 1. The van der Waals surface area contributed by atoms with Crippen molar-refractivity contribution in [1.29, 1.82) is 0 Å². The second-order valence-electron chi connectivity index (χ2n) is 4.61. The Morgan fingerprint density at radius 3 is 2.85 bits per heavy atom. The smallest absolute Gasteiger partial charge is 0.0722 e. The van der Waals surface area contributed by atoms with Gasteiger partial charge in [0.05, 0.1) is 18.7 Å². The molecule has 20 heavy (non-hydrogen) atoms. The van der Waals surface area contributed by atoms with E-state index in [0.29, 0.717) is 13.2 Å². The zero-order chi connectivity index (χ0) is 14.0. The minimum atomic E-state index is 0.668. The van der Waals surface area contributed by atoms with E-state index in [1.165, 1.54) is 5.39 Å². The average molecular weight is 274 g/mol. The lowest BCUT2D eigenvalue weighted by molar-refractivity contribution is 0.0691. The third-order valence-corrected chi connectivity index (χ3v) is 3.11. The van der Waals surface area contributed by atoms with Gasteiger partial charge in [-0.25, -0.2) is 0 Å². The number of methoxy groups -OCH3 is 1. The molecule has 0 spiro atoms. The lowest BCUT2D eigenvalue weighted by Crippen LogP contribution is -2.06. The van der Waals surface area contributed by atoms with Crippen molar-refractivity contribution >= 4 is 16.6 Å². The summed E-state index contributed by atoms with van der Waals surface area (Å²) in [7, 11) is 1.69. The summed E-state index contributed by atoms with van der Waals surface area (Å²) in [6, 6.07) is 10.2. The van der Waals surface area contributed by atoms with E-state index >= 15 is 0 Å². The topological polar surface area (TPSA) is 43.4 Å². The number of fused-ring (bicyclic) bond motifs is 1. The number of aromatic nitrogens is 1. The van der Waals surface area contributed by atoms with Gasteiger partial charge in [0.1, 0.15) is 0 Å². The van der Waals surface area contributed by atoms with Crippen LogP contribution in [0.4, 0.5) is 5.69 Å². The van der Waals surface area contributed by atoms with Gasteiger partial charge in [0.25, 0.3) is 0 Å². The minimum absolute atomic E-state index is 0.668. The highest BCUT2D eigenvalue weighted by molar-refractivity contribution is 5.90. The van der Waals surface area contributed by atoms with Crippen molar-refractivity contribution in [1.82, 2.24) is 4.98 Å². The molecule has 0 aliphatic heterocycles. The van der Waals surface area contributed by atoms with Crippen LogP contribution in [0.3, 0.4) is 0 Å². The molecular formula is C16H22N2O2. The molecular weight excluding hydrogens is 252 g/mol. The van der Waals surface area contributed by atoms with E-state index in [2.05, 4.69) is 16.4 Å².